The van der Waals surface area contributed by atoms with Gasteiger partial charge in [0.2, 0.25) is 0 Å². The molecule has 1 aliphatic heterocycles. The monoisotopic (exact) mass is 291 g/mol. The maximum atomic E-state index is 12.0. The molecule has 108 valence electrons. The van der Waals surface area contributed by atoms with Gasteiger partial charge in [-0.2, -0.15) is 30.6 Å². The number of likely N-dealkylation sites (N-methyl/N-ethyl adjacent to an activating group) is 1. The zero-order valence-electron chi connectivity index (χ0n) is 9.83. The molecule has 0 aromatic heterocycles. The fourth-order valence-corrected chi connectivity index (χ4v) is 2.73. The van der Waals surface area contributed by atoms with Crippen molar-refractivity contribution in [2.45, 2.75) is 12.3 Å². The van der Waals surface area contributed by atoms with Gasteiger partial charge in [0.25, 0.3) is 10.2 Å². The number of hydrogen-bond acceptors (Lipinski definition) is 4. The predicted molar refractivity (Wildman–Crippen MR) is 58.2 cm³/mol. The van der Waals surface area contributed by atoms with Crippen LogP contribution in [0.25, 0.3) is 0 Å². The lowest BCUT2D eigenvalue weighted by atomic mass is 10.3. The lowest BCUT2D eigenvalue weighted by Crippen LogP contribution is -2.53. The summed E-state index contributed by atoms with van der Waals surface area (Å²) in [6.07, 6.45) is -4.92. The summed E-state index contributed by atoms with van der Waals surface area (Å²) in [7, 11) is -2.43. The van der Waals surface area contributed by atoms with Crippen LogP contribution in [0.4, 0.5) is 13.2 Å². The highest BCUT2D eigenvalue weighted by atomic mass is 32.2. The highest BCUT2D eigenvalue weighted by Gasteiger charge is 2.34. The number of hydrogen-bond donors (Lipinski definition) is 2. The third kappa shape index (κ3) is 5.06. The number of morpholine rings is 1. The van der Waals surface area contributed by atoms with E-state index in [1.165, 1.54) is 4.72 Å². The molecule has 10 heteroatoms. The smallest absolute Gasteiger partial charge is 0.374 e. The van der Waals surface area contributed by atoms with Crippen molar-refractivity contribution in [2.75, 3.05) is 39.8 Å². The molecule has 0 spiro atoms. The van der Waals surface area contributed by atoms with Crippen molar-refractivity contribution in [3.8, 4) is 0 Å². The SMILES string of the molecule is CNCC1CN(S(=O)(=O)NCC(F)(F)F)CCO1. The van der Waals surface area contributed by atoms with Gasteiger partial charge < -0.3 is 10.1 Å². The molecule has 1 unspecified atom stereocenters. The van der Waals surface area contributed by atoms with Crippen LogP contribution in [-0.4, -0.2) is 64.8 Å². The van der Waals surface area contributed by atoms with E-state index in [0.29, 0.717) is 6.54 Å². The molecule has 1 heterocycles. The Balaban J connectivity index is 2.56. The summed E-state index contributed by atoms with van der Waals surface area (Å²) in [6.45, 7) is -0.880. The van der Waals surface area contributed by atoms with E-state index in [0.717, 1.165) is 4.31 Å². The Kier molecular flexibility index (Phi) is 5.34. The lowest BCUT2D eigenvalue weighted by Gasteiger charge is -2.32. The van der Waals surface area contributed by atoms with Gasteiger partial charge in [-0.1, -0.05) is 0 Å². The van der Waals surface area contributed by atoms with Crippen LogP contribution in [0.5, 0.6) is 0 Å². The minimum absolute atomic E-state index is 0.0357. The van der Waals surface area contributed by atoms with E-state index < -0.39 is 22.9 Å². The van der Waals surface area contributed by atoms with Crippen LogP contribution in [0.15, 0.2) is 0 Å². The summed E-state index contributed by atoms with van der Waals surface area (Å²) < 4.78 is 66.9. The van der Waals surface area contributed by atoms with Crippen LogP contribution in [-0.2, 0) is 14.9 Å². The molecule has 0 saturated carbocycles. The maximum Gasteiger partial charge on any atom is 0.402 e. The van der Waals surface area contributed by atoms with E-state index in [1.807, 2.05) is 0 Å². The number of halogens is 3. The summed E-state index contributed by atoms with van der Waals surface area (Å²) in [5, 5.41) is 2.82. The summed E-state index contributed by atoms with van der Waals surface area (Å²) in [4.78, 5) is 0. The topological polar surface area (TPSA) is 70.7 Å². The molecule has 0 aliphatic carbocycles. The number of ether oxygens (including phenoxy) is 1. The zero-order chi connectivity index (χ0) is 13.8. The molecule has 0 bridgehead atoms. The van der Waals surface area contributed by atoms with Gasteiger partial charge in [0.05, 0.1) is 12.7 Å². The molecule has 1 atom stereocenters. The highest BCUT2D eigenvalue weighted by molar-refractivity contribution is 7.87. The first-order valence-corrected chi connectivity index (χ1v) is 6.76. The third-order valence-electron chi connectivity index (χ3n) is 2.33. The maximum absolute atomic E-state index is 12.0. The van der Waals surface area contributed by atoms with Crippen LogP contribution >= 0.6 is 0 Å². The molecule has 1 fully saturated rings. The molecule has 1 rings (SSSR count). The molecule has 18 heavy (non-hydrogen) atoms. The Labute approximate surface area is 104 Å². The van der Waals surface area contributed by atoms with Gasteiger partial charge in [-0.3, -0.25) is 0 Å². The van der Waals surface area contributed by atoms with E-state index in [-0.39, 0.29) is 25.8 Å². The van der Waals surface area contributed by atoms with Crippen molar-refractivity contribution >= 4 is 10.2 Å². The summed E-state index contributed by atoms with van der Waals surface area (Å²) >= 11 is 0. The quantitative estimate of drug-likeness (QED) is 0.703. The van der Waals surface area contributed by atoms with E-state index in [2.05, 4.69) is 5.32 Å². The second kappa shape index (κ2) is 6.15. The van der Waals surface area contributed by atoms with Gasteiger partial charge in [0.15, 0.2) is 0 Å². The van der Waals surface area contributed by atoms with Gasteiger partial charge in [0.1, 0.15) is 6.54 Å². The molecule has 0 aromatic carbocycles. The van der Waals surface area contributed by atoms with Crippen LogP contribution in [0.2, 0.25) is 0 Å². The molecule has 0 radical (unpaired) electrons. The third-order valence-corrected chi connectivity index (χ3v) is 3.85. The Hall–Kier alpha value is -0.420. The molecule has 1 aliphatic rings. The fraction of sp³-hybridized carbons (Fsp3) is 1.00. The van der Waals surface area contributed by atoms with Gasteiger partial charge in [-0.25, -0.2) is 0 Å². The minimum Gasteiger partial charge on any atom is -0.374 e. The fourth-order valence-electron chi connectivity index (χ4n) is 1.53. The summed E-state index contributed by atoms with van der Waals surface area (Å²) in [5.41, 5.74) is 0. The highest BCUT2D eigenvalue weighted by Crippen LogP contribution is 2.14. The molecule has 0 amide bonds. The van der Waals surface area contributed by atoms with E-state index in [9.17, 15) is 21.6 Å². The number of nitrogens with zero attached hydrogens (tertiary/aromatic N) is 1. The first kappa shape index (κ1) is 15.6. The molecule has 1 saturated heterocycles. The van der Waals surface area contributed by atoms with E-state index in [4.69, 9.17) is 4.74 Å². The molecule has 6 nitrogen and oxygen atoms in total. The first-order valence-electron chi connectivity index (χ1n) is 5.32. The van der Waals surface area contributed by atoms with Crippen LogP contribution in [0, 0.1) is 0 Å². The van der Waals surface area contributed by atoms with Crippen LogP contribution in [0.1, 0.15) is 0 Å². The second-order valence-corrected chi connectivity index (χ2v) is 5.61. The average molecular weight is 291 g/mol. The Morgan fingerprint density at radius 3 is 2.67 bits per heavy atom. The van der Waals surface area contributed by atoms with Crippen molar-refractivity contribution in [2.24, 2.45) is 0 Å². The largest absolute Gasteiger partial charge is 0.402 e. The normalized spacial score (nSPS) is 23.2. The number of rotatable bonds is 5. The van der Waals surface area contributed by atoms with E-state index >= 15 is 0 Å². The van der Waals surface area contributed by atoms with Crippen LogP contribution in [0.3, 0.4) is 0 Å². The number of nitrogens with one attached hydrogen (secondary N) is 2. The first-order chi connectivity index (χ1) is 8.24. The van der Waals surface area contributed by atoms with Crippen molar-refractivity contribution in [1.29, 1.82) is 0 Å². The molecular weight excluding hydrogens is 275 g/mol. The average Bonchev–Trinajstić information content (AvgIpc) is 2.27. The molecular formula is C8H16F3N3O3S. The molecule has 0 aromatic rings. The Morgan fingerprint density at radius 1 is 1.44 bits per heavy atom. The van der Waals surface area contributed by atoms with Crippen molar-refractivity contribution < 1.29 is 26.3 Å². The summed E-state index contributed by atoms with van der Waals surface area (Å²) in [6, 6.07) is 0. The van der Waals surface area contributed by atoms with Gasteiger partial charge >= 0.3 is 6.18 Å². The van der Waals surface area contributed by atoms with Gasteiger partial charge in [-0.05, 0) is 7.05 Å². The van der Waals surface area contributed by atoms with Gasteiger partial charge in [0, 0.05) is 19.6 Å². The lowest BCUT2D eigenvalue weighted by molar-refractivity contribution is -0.121. The van der Waals surface area contributed by atoms with Crippen LogP contribution < -0.4 is 10.0 Å². The standard InChI is InChI=1S/C8H16F3N3O3S/c1-12-4-7-5-14(2-3-17-7)18(15,16)13-6-8(9,10)11/h7,12-13H,2-6H2,1H3. The Morgan fingerprint density at radius 2 is 2.11 bits per heavy atom. The second-order valence-electron chi connectivity index (χ2n) is 3.85. The number of alkyl halides is 3. The summed E-state index contributed by atoms with van der Waals surface area (Å²) in [5.74, 6) is 0. The van der Waals surface area contributed by atoms with Crippen molar-refractivity contribution in [3.63, 3.8) is 0 Å². The van der Waals surface area contributed by atoms with Crippen molar-refractivity contribution in [3.05, 3.63) is 0 Å². The van der Waals surface area contributed by atoms with E-state index in [1.54, 1.807) is 7.05 Å². The Bertz CT molecular complexity index is 358. The van der Waals surface area contributed by atoms with Crippen molar-refractivity contribution in [1.82, 2.24) is 14.3 Å². The minimum atomic E-state index is -4.57. The predicted octanol–water partition coefficient (Wildman–Crippen LogP) is -0.697. The zero-order valence-corrected chi connectivity index (χ0v) is 10.6. The van der Waals surface area contributed by atoms with Gasteiger partial charge in [-0.15, -0.1) is 0 Å². The molecule has 2 N–H and O–H groups in total.